The van der Waals surface area contributed by atoms with Gasteiger partial charge in [0.1, 0.15) is 0 Å². The molecule has 1 unspecified atom stereocenters. The van der Waals surface area contributed by atoms with Gasteiger partial charge in [0.15, 0.2) is 0 Å². The van der Waals surface area contributed by atoms with Gasteiger partial charge in [0.2, 0.25) is 0 Å². The van der Waals surface area contributed by atoms with E-state index >= 15 is 0 Å². The van der Waals surface area contributed by atoms with Crippen LogP contribution in [0.2, 0.25) is 0 Å². The van der Waals surface area contributed by atoms with Gasteiger partial charge in [0.05, 0.1) is 6.61 Å². The van der Waals surface area contributed by atoms with Gasteiger partial charge >= 0.3 is 18.1 Å². The molecule has 1 aliphatic rings. The first kappa shape index (κ1) is 17.1. The summed E-state index contributed by atoms with van der Waals surface area (Å²) in [6.45, 7) is 5.62. The zero-order valence-corrected chi connectivity index (χ0v) is 12.5. The molecule has 8 nitrogen and oxygen atoms in total. The van der Waals surface area contributed by atoms with Crippen molar-refractivity contribution in [1.82, 2.24) is 15.1 Å². The van der Waals surface area contributed by atoms with Crippen molar-refractivity contribution in [3.8, 4) is 0 Å². The van der Waals surface area contributed by atoms with Crippen LogP contribution in [-0.2, 0) is 9.53 Å². The van der Waals surface area contributed by atoms with Crippen molar-refractivity contribution >= 4 is 18.1 Å². The number of carbonyl (C=O) groups excluding carboxylic acids is 2. The highest BCUT2D eigenvalue weighted by atomic mass is 16.6. The van der Waals surface area contributed by atoms with Crippen LogP contribution in [0.5, 0.6) is 0 Å². The van der Waals surface area contributed by atoms with Crippen molar-refractivity contribution in [2.45, 2.75) is 32.7 Å². The summed E-state index contributed by atoms with van der Waals surface area (Å²) < 4.78 is 4.91. The number of hydrogen-bond acceptors (Lipinski definition) is 4. The fourth-order valence-electron chi connectivity index (χ4n) is 2.02. The molecule has 1 saturated heterocycles. The molecule has 0 saturated carbocycles. The van der Waals surface area contributed by atoms with E-state index in [1.807, 2.05) is 0 Å². The van der Waals surface area contributed by atoms with Crippen LogP contribution in [0.25, 0.3) is 0 Å². The second-order valence-corrected chi connectivity index (χ2v) is 4.96. The van der Waals surface area contributed by atoms with Crippen molar-refractivity contribution in [3.05, 3.63) is 0 Å². The number of urea groups is 1. The predicted octanol–water partition coefficient (Wildman–Crippen LogP) is 0.723. The van der Waals surface area contributed by atoms with Crippen LogP contribution in [0.1, 0.15) is 26.7 Å². The Morgan fingerprint density at radius 2 is 1.76 bits per heavy atom. The molecule has 0 aromatic carbocycles. The number of carboxylic acid groups (broad SMARTS) is 1. The number of nitrogens with one attached hydrogen (secondary N) is 1. The third-order valence-corrected chi connectivity index (χ3v) is 3.25. The maximum absolute atomic E-state index is 12.0. The average Bonchev–Trinajstić information content (AvgIpc) is 2.45. The van der Waals surface area contributed by atoms with Crippen molar-refractivity contribution < 1.29 is 24.2 Å². The lowest BCUT2D eigenvalue weighted by Gasteiger charge is -2.34. The van der Waals surface area contributed by atoms with Gasteiger partial charge in [-0.3, -0.25) is 4.79 Å². The molecule has 0 aromatic rings. The Kier molecular flexibility index (Phi) is 6.77. The molecule has 3 amide bonds. The van der Waals surface area contributed by atoms with Crippen molar-refractivity contribution in [2.75, 3.05) is 32.8 Å². The maximum atomic E-state index is 12.0. The topological polar surface area (TPSA) is 99.2 Å². The Bertz CT molecular complexity index is 380. The Balaban J connectivity index is 2.31. The van der Waals surface area contributed by atoms with E-state index in [-0.39, 0.29) is 24.6 Å². The SMILES string of the molecule is CCOC(=O)N1CCN(C(=O)NC(C)CCC(=O)O)CC1. The number of amides is 3. The van der Waals surface area contributed by atoms with Gasteiger partial charge in [-0.1, -0.05) is 0 Å². The normalized spacial score (nSPS) is 16.3. The number of aliphatic carboxylic acids is 1. The van der Waals surface area contributed by atoms with E-state index in [1.54, 1.807) is 23.6 Å². The largest absolute Gasteiger partial charge is 0.481 e. The number of nitrogens with zero attached hydrogens (tertiary/aromatic N) is 2. The van der Waals surface area contributed by atoms with Crippen molar-refractivity contribution in [1.29, 1.82) is 0 Å². The monoisotopic (exact) mass is 301 g/mol. The molecule has 1 atom stereocenters. The summed E-state index contributed by atoms with van der Waals surface area (Å²) in [4.78, 5) is 37.2. The number of carboxylic acids is 1. The smallest absolute Gasteiger partial charge is 0.409 e. The molecule has 1 heterocycles. The van der Waals surface area contributed by atoms with Crippen LogP contribution in [0, 0.1) is 0 Å². The summed E-state index contributed by atoms with van der Waals surface area (Å²) in [5, 5.41) is 11.4. The highest BCUT2D eigenvalue weighted by Crippen LogP contribution is 2.05. The third kappa shape index (κ3) is 5.88. The molecule has 0 bridgehead atoms. The molecule has 8 heteroatoms. The Morgan fingerprint density at radius 1 is 1.19 bits per heavy atom. The zero-order valence-electron chi connectivity index (χ0n) is 12.5. The van der Waals surface area contributed by atoms with E-state index in [2.05, 4.69) is 5.32 Å². The Labute approximate surface area is 124 Å². The first-order valence-electron chi connectivity index (χ1n) is 7.13. The first-order valence-corrected chi connectivity index (χ1v) is 7.13. The number of carbonyl (C=O) groups is 3. The van der Waals surface area contributed by atoms with Crippen LogP contribution in [0.3, 0.4) is 0 Å². The summed E-state index contributed by atoms with van der Waals surface area (Å²) >= 11 is 0. The molecule has 120 valence electrons. The molecule has 0 radical (unpaired) electrons. The Hall–Kier alpha value is -1.99. The van der Waals surface area contributed by atoms with Crippen LogP contribution >= 0.6 is 0 Å². The number of ether oxygens (including phenoxy) is 1. The van der Waals surface area contributed by atoms with E-state index < -0.39 is 5.97 Å². The molecule has 0 spiro atoms. The molecule has 1 rings (SSSR count). The summed E-state index contributed by atoms with van der Waals surface area (Å²) in [6.07, 6.45) is 0.0643. The van der Waals surface area contributed by atoms with E-state index in [0.29, 0.717) is 39.2 Å². The van der Waals surface area contributed by atoms with Crippen LogP contribution in [0.4, 0.5) is 9.59 Å². The lowest BCUT2D eigenvalue weighted by atomic mass is 10.2. The number of piperazine rings is 1. The van der Waals surface area contributed by atoms with Gasteiger partial charge in [0, 0.05) is 38.6 Å². The van der Waals surface area contributed by atoms with Gasteiger partial charge in [-0.15, -0.1) is 0 Å². The predicted molar refractivity (Wildman–Crippen MR) is 75.0 cm³/mol. The van der Waals surface area contributed by atoms with E-state index in [9.17, 15) is 14.4 Å². The Morgan fingerprint density at radius 3 is 2.29 bits per heavy atom. The molecule has 2 N–H and O–H groups in total. The fraction of sp³-hybridized carbons (Fsp3) is 0.769. The van der Waals surface area contributed by atoms with Crippen molar-refractivity contribution in [2.24, 2.45) is 0 Å². The van der Waals surface area contributed by atoms with Gasteiger partial charge in [0.25, 0.3) is 0 Å². The van der Waals surface area contributed by atoms with E-state index in [0.717, 1.165) is 0 Å². The minimum absolute atomic E-state index is 0.0259. The molecule has 1 fully saturated rings. The first-order chi connectivity index (χ1) is 9.93. The summed E-state index contributed by atoms with van der Waals surface area (Å²) in [5.41, 5.74) is 0. The standard InChI is InChI=1S/C13H23N3O5/c1-3-21-13(20)16-8-6-15(7-9-16)12(19)14-10(2)4-5-11(17)18/h10H,3-9H2,1-2H3,(H,14,19)(H,17,18). The summed E-state index contributed by atoms with van der Waals surface area (Å²) in [6, 6.07) is -0.423. The summed E-state index contributed by atoms with van der Waals surface area (Å²) in [7, 11) is 0. The number of hydrogen-bond donors (Lipinski definition) is 2. The van der Waals surface area contributed by atoms with Gasteiger partial charge in [-0.25, -0.2) is 9.59 Å². The van der Waals surface area contributed by atoms with Crippen molar-refractivity contribution in [3.63, 3.8) is 0 Å². The van der Waals surface area contributed by atoms with Gasteiger partial charge in [-0.2, -0.15) is 0 Å². The minimum atomic E-state index is -0.876. The third-order valence-electron chi connectivity index (χ3n) is 3.25. The zero-order chi connectivity index (χ0) is 15.8. The molecule has 0 aromatic heterocycles. The van der Waals surface area contributed by atoms with Gasteiger partial charge < -0.3 is 25.0 Å². The number of rotatable bonds is 5. The lowest BCUT2D eigenvalue weighted by Crippen LogP contribution is -2.54. The lowest BCUT2D eigenvalue weighted by molar-refractivity contribution is -0.137. The molecule has 1 aliphatic heterocycles. The quantitative estimate of drug-likeness (QED) is 0.779. The molecular weight excluding hydrogens is 278 g/mol. The molecular formula is C13H23N3O5. The van der Waals surface area contributed by atoms with E-state index in [4.69, 9.17) is 9.84 Å². The second kappa shape index (κ2) is 8.33. The molecule has 21 heavy (non-hydrogen) atoms. The van der Waals surface area contributed by atoms with Crippen LogP contribution in [0.15, 0.2) is 0 Å². The van der Waals surface area contributed by atoms with Crippen LogP contribution < -0.4 is 5.32 Å². The van der Waals surface area contributed by atoms with Crippen LogP contribution in [-0.4, -0.2) is 71.8 Å². The maximum Gasteiger partial charge on any atom is 0.409 e. The second-order valence-electron chi connectivity index (χ2n) is 4.96. The summed E-state index contributed by atoms with van der Waals surface area (Å²) in [5.74, 6) is -0.876. The van der Waals surface area contributed by atoms with E-state index in [1.165, 1.54) is 0 Å². The fourth-order valence-corrected chi connectivity index (χ4v) is 2.02. The van der Waals surface area contributed by atoms with Gasteiger partial charge in [-0.05, 0) is 20.3 Å². The minimum Gasteiger partial charge on any atom is -0.481 e. The highest BCUT2D eigenvalue weighted by Gasteiger charge is 2.25. The highest BCUT2D eigenvalue weighted by molar-refractivity contribution is 5.75. The molecule has 0 aliphatic carbocycles. The average molecular weight is 301 g/mol.